The molecule has 1 nitrogen and oxygen atoms in total. The molecule has 0 heterocycles. The molecule has 0 spiro atoms. The number of hydrogen-bond acceptors (Lipinski definition) is 1. The lowest BCUT2D eigenvalue weighted by molar-refractivity contribution is 0.627. The number of aryl methyl sites for hydroxylation is 1. The highest BCUT2D eigenvalue weighted by molar-refractivity contribution is 6.30. The second-order valence-electron chi connectivity index (χ2n) is 3.96. The van der Waals surface area contributed by atoms with Gasteiger partial charge in [-0.2, -0.15) is 0 Å². The Hall–Kier alpha value is -1.38. The lowest BCUT2D eigenvalue weighted by Crippen LogP contribution is -1.99. The molecule has 2 aromatic carbocycles. The minimum absolute atomic E-state index is 0.227. The average molecular weight is 250 g/mol. The van der Waals surface area contributed by atoms with Crippen LogP contribution in [0.25, 0.3) is 11.1 Å². The van der Waals surface area contributed by atoms with E-state index in [0.29, 0.717) is 11.6 Å². The fourth-order valence-corrected chi connectivity index (χ4v) is 2.12. The van der Waals surface area contributed by atoms with Crippen LogP contribution in [0.1, 0.15) is 11.1 Å². The third kappa shape index (κ3) is 2.48. The smallest absolute Gasteiger partial charge is 0.123 e. The van der Waals surface area contributed by atoms with Crippen molar-refractivity contribution < 1.29 is 4.39 Å². The van der Waals surface area contributed by atoms with Gasteiger partial charge in [-0.1, -0.05) is 23.7 Å². The molecule has 0 amide bonds. The van der Waals surface area contributed by atoms with Crippen LogP contribution < -0.4 is 5.73 Å². The maximum atomic E-state index is 13.1. The zero-order valence-corrected chi connectivity index (χ0v) is 10.3. The van der Waals surface area contributed by atoms with E-state index < -0.39 is 0 Å². The Kier molecular flexibility index (Phi) is 3.46. The normalized spacial score (nSPS) is 10.6. The molecule has 2 rings (SSSR count). The molecule has 0 radical (unpaired) electrons. The van der Waals surface area contributed by atoms with Crippen molar-refractivity contribution in [3.05, 3.63) is 58.4 Å². The topological polar surface area (TPSA) is 26.0 Å². The maximum absolute atomic E-state index is 13.1. The fourth-order valence-electron chi connectivity index (χ4n) is 1.92. The minimum atomic E-state index is -0.227. The molecule has 2 aromatic rings. The van der Waals surface area contributed by atoms with E-state index in [4.69, 9.17) is 17.3 Å². The Morgan fingerprint density at radius 2 is 1.82 bits per heavy atom. The lowest BCUT2D eigenvalue weighted by atomic mass is 9.96. The first kappa shape index (κ1) is 12.1. The van der Waals surface area contributed by atoms with Crippen molar-refractivity contribution in [3.8, 4) is 11.1 Å². The summed E-state index contributed by atoms with van der Waals surface area (Å²) in [5.74, 6) is -0.227. The van der Waals surface area contributed by atoms with Crippen LogP contribution in [0.4, 0.5) is 4.39 Å². The van der Waals surface area contributed by atoms with Gasteiger partial charge >= 0.3 is 0 Å². The Morgan fingerprint density at radius 1 is 1.12 bits per heavy atom. The maximum Gasteiger partial charge on any atom is 0.123 e. The molecule has 0 saturated carbocycles. The van der Waals surface area contributed by atoms with Gasteiger partial charge in [-0.25, -0.2) is 4.39 Å². The first-order valence-corrected chi connectivity index (χ1v) is 5.74. The highest BCUT2D eigenvalue weighted by Crippen LogP contribution is 2.29. The molecule has 0 fully saturated rings. The molecule has 3 heteroatoms. The van der Waals surface area contributed by atoms with E-state index >= 15 is 0 Å². The second kappa shape index (κ2) is 4.86. The number of nitrogens with two attached hydrogens (primary N) is 1. The zero-order chi connectivity index (χ0) is 12.4. The summed E-state index contributed by atoms with van der Waals surface area (Å²) in [5.41, 5.74) is 9.56. The third-order valence-electron chi connectivity index (χ3n) is 2.77. The predicted octanol–water partition coefficient (Wildman–Crippen LogP) is 3.91. The zero-order valence-electron chi connectivity index (χ0n) is 9.50. The van der Waals surface area contributed by atoms with Crippen LogP contribution in [-0.2, 0) is 6.54 Å². The van der Waals surface area contributed by atoms with Crippen LogP contribution in [0.15, 0.2) is 36.4 Å². The van der Waals surface area contributed by atoms with Crippen LogP contribution in [0.3, 0.4) is 0 Å². The van der Waals surface area contributed by atoms with Gasteiger partial charge in [0.1, 0.15) is 5.82 Å². The Bertz CT molecular complexity index is 552. The summed E-state index contributed by atoms with van der Waals surface area (Å²) in [6.07, 6.45) is 0. The molecule has 0 bridgehead atoms. The van der Waals surface area contributed by atoms with E-state index in [1.807, 2.05) is 25.1 Å². The second-order valence-corrected chi connectivity index (χ2v) is 4.40. The van der Waals surface area contributed by atoms with Gasteiger partial charge in [0.25, 0.3) is 0 Å². The summed E-state index contributed by atoms with van der Waals surface area (Å²) in [4.78, 5) is 0. The summed E-state index contributed by atoms with van der Waals surface area (Å²) in [6, 6.07) is 10.3. The van der Waals surface area contributed by atoms with Crippen LogP contribution in [0, 0.1) is 12.7 Å². The van der Waals surface area contributed by atoms with Crippen LogP contribution in [-0.4, -0.2) is 0 Å². The van der Waals surface area contributed by atoms with Gasteiger partial charge in [-0.05, 0) is 53.4 Å². The summed E-state index contributed by atoms with van der Waals surface area (Å²) in [5, 5.41) is 0.661. The van der Waals surface area contributed by atoms with Crippen LogP contribution >= 0.6 is 11.6 Å². The quantitative estimate of drug-likeness (QED) is 0.858. The molecule has 0 aliphatic rings. The summed E-state index contributed by atoms with van der Waals surface area (Å²) >= 11 is 5.93. The molecular weight excluding hydrogens is 237 g/mol. The van der Waals surface area contributed by atoms with E-state index in [1.165, 1.54) is 12.1 Å². The van der Waals surface area contributed by atoms with E-state index in [9.17, 15) is 4.39 Å². The molecule has 0 saturated heterocycles. The summed E-state index contributed by atoms with van der Waals surface area (Å²) in [6.45, 7) is 2.29. The summed E-state index contributed by atoms with van der Waals surface area (Å²) < 4.78 is 13.1. The first-order chi connectivity index (χ1) is 8.11. The minimum Gasteiger partial charge on any atom is -0.326 e. The van der Waals surface area contributed by atoms with Crippen LogP contribution in [0.5, 0.6) is 0 Å². The van der Waals surface area contributed by atoms with E-state index in [-0.39, 0.29) is 5.82 Å². The van der Waals surface area contributed by atoms with Gasteiger partial charge in [0, 0.05) is 11.6 Å². The Labute approximate surface area is 105 Å². The monoisotopic (exact) mass is 249 g/mol. The highest BCUT2D eigenvalue weighted by Gasteiger charge is 2.08. The van der Waals surface area contributed by atoms with Gasteiger partial charge in [-0.3, -0.25) is 0 Å². The third-order valence-corrected chi connectivity index (χ3v) is 3.00. The lowest BCUT2D eigenvalue weighted by Gasteiger charge is -2.11. The van der Waals surface area contributed by atoms with Crippen molar-refractivity contribution in [2.45, 2.75) is 13.5 Å². The number of rotatable bonds is 2. The standard InChI is InChI=1S/C14H13ClFN/c1-9-6-12(16)3-5-13(9)14-4-2-11(15)7-10(14)8-17/h2-7H,8,17H2,1H3. The predicted molar refractivity (Wildman–Crippen MR) is 69.5 cm³/mol. The Morgan fingerprint density at radius 3 is 2.47 bits per heavy atom. The molecule has 0 unspecified atom stereocenters. The van der Waals surface area contributed by atoms with Crippen molar-refractivity contribution in [1.29, 1.82) is 0 Å². The number of hydrogen-bond donors (Lipinski definition) is 1. The number of halogens is 2. The number of benzene rings is 2. The van der Waals surface area contributed by atoms with Crippen molar-refractivity contribution in [1.82, 2.24) is 0 Å². The van der Waals surface area contributed by atoms with Crippen LogP contribution in [0.2, 0.25) is 5.02 Å². The van der Waals surface area contributed by atoms with Crippen molar-refractivity contribution in [3.63, 3.8) is 0 Å². The van der Waals surface area contributed by atoms with Crippen molar-refractivity contribution in [2.75, 3.05) is 0 Å². The van der Waals surface area contributed by atoms with Crippen molar-refractivity contribution >= 4 is 11.6 Å². The van der Waals surface area contributed by atoms with Gasteiger partial charge in [-0.15, -0.1) is 0 Å². The van der Waals surface area contributed by atoms with E-state index in [2.05, 4.69) is 0 Å². The summed E-state index contributed by atoms with van der Waals surface area (Å²) in [7, 11) is 0. The molecule has 17 heavy (non-hydrogen) atoms. The van der Waals surface area contributed by atoms with Gasteiger partial charge in [0.05, 0.1) is 0 Å². The molecule has 0 aliphatic carbocycles. The highest BCUT2D eigenvalue weighted by atomic mass is 35.5. The first-order valence-electron chi connectivity index (χ1n) is 5.37. The average Bonchev–Trinajstić information content (AvgIpc) is 2.30. The van der Waals surface area contributed by atoms with Gasteiger partial charge < -0.3 is 5.73 Å². The Balaban J connectivity index is 2.60. The molecule has 2 N–H and O–H groups in total. The fraction of sp³-hybridized carbons (Fsp3) is 0.143. The SMILES string of the molecule is Cc1cc(F)ccc1-c1ccc(Cl)cc1CN. The van der Waals surface area contributed by atoms with Gasteiger partial charge in [0.2, 0.25) is 0 Å². The largest absolute Gasteiger partial charge is 0.326 e. The molecular formula is C14H13ClFN. The molecule has 0 aromatic heterocycles. The van der Waals surface area contributed by atoms with Gasteiger partial charge in [0.15, 0.2) is 0 Å². The van der Waals surface area contributed by atoms with E-state index in [1.54, 1.807) is 6.07 Å². The van der Waals surface area contributed by atoms with E-state index in [0.717, 1.165) is 22.3 Å². The molecule has 0 aliphatic heterocycles. The molecule has 0 atom stereocenters. The van der Waals surface area contributed by atoms with Crippen molar-refractivity contribution in [2.24, 2.45) is 5.73 Å². The molecule has 88 valence electrons.